The topological polar surface area (TPSA) is 49.8 Å². The molecule has 0 aliphatic heterocycles. The molecule has 120 valence electrons. The van der Waals surface area contributed by atoms with Crippen LogP contribution in [0.25, 0.3) is 0 Å². The molecule has 1 aliphatic carbocycles. The molecule has 0 unspecified atom stereocenters. The van der Waals surface area contributed by atoms with Gasteiger partial charge in [-0.1, -0.05) is 49.6 Å². The minimum atomic E-state index is 0.169. The molecule has 1 heterocycles. The predicted molar refractivity (Wildman–Crippen MR) is 97.5 cm³/mol. The van der Waals surface area contributed by atoms with Crippen LogP contribution in [-0.2, 0) is 5.41 Å². The molecule has 0 spiro atoms. The Morgan fingerprint density at radius 1 is 1.00 bits per heavy atom. The van der Waals surface area contributed by atoms with Gasteiger partial charge in [-0.2, -0.15) is 0 Å². The van der Waals surface area contributed by atoms with Gasteiger partial charge in [-0.15, -0.1) is 0 Å². The molecule has 3 rings (SSSR count). The maximum atomic E-state index is 5.40. The third-order valence-corrected chi connectivity index (χ3v) is 4.82. The summed E-state index contributed by atoms with van der Waals surface area (Å²) in [7, 11) is 0. The van der Waals surface area contributed by atoms with Crippen molar-refractivity contribution in [1.82, 2.24) is 15.3 Å². The average molecular weight is 326 g/mol. The summed E-state index contributed by atoms with van der Waals surface area (Å²) in [4.78, 5) is 8.28. The first-order valence-electron chi connectivity index (χ1n) is 8.16. The highest BCUT2D eigenvalue weighted by molar-refractivity contribution is 7.80. The van der Waals surface area contributed by atoms with E-state index in [2.05, 4.69) is 50.9 Å². The SMILES string of the molecule is S=C(NCC1(c2ccccc2)CCCCC1)Nc1ncccn1. The van der Waals surface area contributed by atoms with Gasteiger partial charge in [0.05, 0.1) is 0 Å². The lowest BCUT2D eigenvalue weighted by molar-refractivity contribution is 0.292. The molecular weight excluding hydrogens is 304 g/mol. The lowest BCUT2D eigenvalue weighted by atomic mass is 9.69. The van der Waals surface area contributed by atoms with Crippen molar-refractivity contribution in [3.05, 3.63) is 54.4 Å². The summed E-state index contributed by atoms with van der Waals surface area (Å²) >= 11 is 5.40. The van der Waals surface area contributed by atoms with Crippen LogP contribution < -0.4 is 10.6 Å². The Bertz CT molecular complexity index is 624. The van der Waals surface area contributed by atoms with Crippen LogP contribution >= 0.6 is 12.2 Å². The second kappa shape index (κ2) is 7.51. The van der Waals surface area contributed by atoms with Crippen molar-refractivity contribution in [3.63, 3.8) is 0 Å². The molecule has 1 aliphatic rings. The normalized spacial score (nSPS) is 16.5. The second-order valence-corrected chi connectivity index (χ2v) is 6.50. The van der Waals surface area contributed by atoms with Crippen LogP contribution in [0.4, 0.5) is 5.95 Å². The molecule has 2 N–H and O–H groups in total. The van der Waals surface area contributed by atoms with Crippen molar-refractivity contribution in [2.75, 3.05) is 11.9 Å². The standard InChI is InChI=1S/C18H22N4S/c23-17(22-16-19-12-7-13-20-16)21-14-18(10-5-2-6-11-18)15-8-3-1-4-9-15/h1,3-4,7-9,12-13H,2,5-6,10-11,14H2,(H2,19,20,21,22,23). The van der Waals surface area contributed by atoms with E-state index in [4.69, 9.17) is 12.2 Å². The number of hydrogen-bond acceptors (Lipinski definition) is 3. The van der Waals surface area contributed by atoms with E-state index in [1.807, 2.05) is 0 Å². The van der Waals surface area contributed by atoms with E-state index in [-0.39, 0.29) is 5.41 Å². The van der Waals surface area contributed by atoms with E-state index in [1.165, 1.54) is 37.7 Å². The first-order valence-corrected chi connectivity index (χ1v) is 8.57. The monoisotopic (exact) mass is 326 g/mol. The zero-order chi connectivity index (χ0) is 16.0. The number of anilines is 1. The number of thiocarbonyl (C=S) groups is 1. The molecule has 0 bridgehead atoms. The quantitative estimate of drug-likeness (QED) is 0.840. The van der Waals surface area contributed by atoms with Crippen LogP contribution in [0.5, 0.6) is 0 Å². The van der Waals surface area contributed by atoms with Gasteiger partial charge >= 0.3 is 0 Å². The van der Waals surface area contributed by atoms with Gasteiger partial charge in [-0.25, -0.2) is 9.97 Å². The summed E-state index contributed by atoms with van der Waals surface area (Å²) in [5.41, 5.74) is 1.58. The highest BCUT2D eigenvalue weighted by atomic mass is 32.1. The first-order chi connectivity index (χ1) is 11.3. The zero-order valence-corrected chi connectivity index (χ0v) is 14.0. The number of aromatic nitrogens is 2. The fraction of sp³-hybridized carbons (Fsp3) is 0.389. The van der Waals surface area contributed by atoms with Gasteiger partial charge in [0.1, 0.15) is 0 Å². The highest BCUT2D eigenvalue weighted by Crippen LogP contribution is 2.38. The van der Waals surface area contributed by atoms with Crippen molar-refractivity contribution in [2.24, 2.45) is 0 Å². The van der Waals surface area contributed by atoms with Crippen LogP contribution in [0.1, 0.15) is 37.7 Å². The van der Waals surface area contributed by atoms with E-state index in [0.29, 0.717) is 11.1 Å². The van der Waals surface area contributed by atoms with Crippen LogP contribution in [0.2, 0.25) is 0 Å². The molecule has 0 saturated heterocycles. The molecule has 23 heavy (non-hydrogen) atoms. The highest BCUT2D eigenvalue weighted by Gasteiger charge is 2.33. The van der Waals surface area contributed by atoms with E-state index in [9.17, 15) is 0 Å². The van der Waals surface area contributed by atoms with Gasteiger partial charge in [0.2, 0.25) is 5.95 Å². The fourth-order valence-corrected chi connectivity index (χ4v) is 3.51. The summed E-state index contributed by atoms with van der Waals surface area (Å²) in [6.07, 6.45) is 9.68. The van der Waals surface area contributed by atoms with Crippen LogP contribution in [-0.4, -0.2) is 21.6 Å². The maximum Gasteiger partial charge on any atom is 0.228 e. The summed E-state index contributed by atoms with van der Waals surface area (Å²) in [6, 6.07) is 12.6. The predicted octanol–water partition coefficient (Wildman–Crippen LogP) is 3.67. The van der Waals surface area contributed by atoms with Gasteiger partial charge < -0.3 is 10.6 Å². The molecule has 5 heteroatoms. The van der Waals surface area contributed by atoms with Crippen molar-refractivity contribution < 1.29 is 0 Å². The van der Waals surface area contributed by atoms with E-state index >= 15 is 0 Å². The van der Waals surface area contributed by atoms with Gasteiger partial charge in [0.25, 0.3) is 0 Å². The number of rotatable bonds is 4. The molecule has 0 radical (unpaired) electrons. The molecule has 1 aromatic heterocycles. The lowest BCUT2D eigenvalue weighted by Crippen LogP contribution is -2.43. The van der Waals surface area contributed by atoms with Crippen LogP contribution in [0.15, 0.2) is 48.8 Å². The van der Waals surface area contributed by atoms with Crippen molar-refractivity contribution >= 4 is 23.3 Å². The van der Waals surface area contributed by atoms with Crippen molar-refractivity contribution in [3.8, 4) is 0 Å². The smallest absolute Gasteiger partial charge is 0.228 e. The Balaban J connectivity index is 1.66. The number of hydrogen-bond donors (Lipinski definition) is 2. The minimum absolute atomic E-state index is 0.169. The number of nitrogens with one attached hydrogen (secondary N) is 2. The third kappa shape index (κ3) is 4.05. The van der Waals surface area contributed by atoms with Crippen molar-refractivity contribution in [2.45, 2.75) is 37.5 Å². The molecule has 0 amide bonds. The first kappa shape index (κ1) is 15.9. The molecule has 0 atom stereocenters. The minimum Gasteiger partial charge on any atom is -0.361 e. The Morgan fingerprint density at radius 3 is 2.39 bits per heavy atom. The van der Waals surface area contributed by atoms with E-state index < -0.39 is 0 Å². The maximum absolute atomic E-state index is 5.40. The Labute approximate surface area is 142 Å². The van der Waals surface area contributed by atoms with Crippen LogP contribution in [0, 0.1) is 0 Å². The molecular formula is C18H22N4S. The fourth-order valence-electron chi connectivity index (χ4n) is 3.35. The Hall–Kier alpha value is -2.01. The largest absolute Gasteiger partial charge is 0.361 e. The lowest BCUT2D eigenvalue weighted by Gasteiger charge is -2.38. The summed E-state index contributed by atoms with van der Waals surface area (Å²) in [6.45, 7) is 0.843. The van der Waals surface area contributed by atoms with Gasteiger partial charge in [0, 0.05) is 24.4 Å². The zero-order valence-electron chi connectivity index (χ0n) is 13.2. The third-order valence-electron chi connectivity index (χ3n) is 4.58. The van der Waals surface area contributed by atoms with Crippen LogP contribution in [0.3, 0.4) is 0 Å². The molecule has 1 fully saturated rings. The number of benzene rings is 1. The molecule has 1 saturated carbocycles. The van der Waals surface area contributed by atoms with Gasteiger partial charge in [-0.3, -0.25) is 0 Å². The van der Waals surface area contributed by atoms with E-state index in [0.717, 1.165) is 6.54 Å². The van der Waals surface area contributed by atoms with Gasteiger partial charge in [0.15, 0.2) is 5.11 Å². The van der Waals surface area contributed by atoms with Crippen molar-refractivity contribution in [1.29, 1.82) is 0 Å². The second-order valence-electron chi connectivity index (χ2n) is 6.09. The summed E-state index contributed by atoms with van der Waals surface area (Å²) in [5.74, 6) is 0.530. The van der Waals surface area contributed by atoms with Gasteiger partial charge in [-0.05, 0) is 36.7 Å². The molecule has 1 aromatic carbocycles. The average Bonchev–Trinajstić information content (AvgIpc) is 2.62. The number of nitrogens with zero attached hydrogens (tertiary/aromatic N) is 2. The summed E-state index contributed by atoms with van der Waals surface area (Å²) < 4.78 is 0. The Morgan fingerprint density at radius 2 is 1.70 bits per heavy atom. The molecule has 2 aromatic rings. The molecule has 4 nitrogen and oxygen atoms in total. The Kier molecular flexibility index (Phi) is 5.18. The summed E-state index contributed by atoms with van der Waals surface area (Å²) in [5, 5.41) is 7.01. The van der Waals surface area contributed by atoms with E-state index in [1.54, 1.807) is 18.5 Å².